The molecule has 1 atom stereocenters. The maximum Gasteiger partial charge on any atom is 0.469 e. The first-order chi connectivity index (χ1) is 19.8. The highest BCUT2D eigenvalue weighted by molar-refractivity contribution is 7.46. The fraction of sp³-hybridized carbons (Fsp3) is 0.875. The third kappa shape index (κ3) is 31.6. The zero-order chi connectivity index (χ0) is 30.4. The van der Waals surface area contributed by atoms with Crippen molar-refractivity contribution >= 4 is 19.8 Å². The molecule has 41 heavy (non-hydrogen) atoms. The molecule has 0 heterocycles. The van der Waals surface area contributed by atoms with Gasteiger partial charge in [-0.3, -0.25) is 14.1 Å². The second-order valence-electron chi connectivity index (χ2n) is 11.1. The number of phosphoric acid groups is 1. The molecule has 0 spiro atoms. The lowest BCUT2D eigenvalue weighted by Gasteiger charge is -2.18. The Labute approximate surface area is 250 Å². The first-order valence-electron chi connectivity index (χ1n) is 16.5. The molecule has 0 rings (SSSR count). The fourth-order valence-corrected chi connectivity index (χ4v) is 4.90. The molecule has 242 valence electrons. The summed E-state index contributed by atoms with van der Waals surface area (Å²) < 4.78 is 26.1. The summed E-state index contributed by atoms with van der Waals surface area (Å²) in [5.41, 5.74) is 0. The Kier molecular flexibility index (Phi) is 28.0. The van der Waals surface area contributed by atoms with Crippen LogP contribution in [-0.2, 0) is 28.2 Å². The SMILES string of the molecule is CCCCCCCC/C=C/CCCCCCCC(=O)OC[C@H](COP(=O)(O)O)OC(=O)CCCCCCCCCC. The van der Waals surface area contributed by atoms with Crippen LogP contribution in [0.5, 0.6) is 0 Å². The van der Waals surface area contributed by atoms with Crippen LogP contribution in [-0.4, -0.2) is 41.0 Å². The number of hydrogen-bond donors (Lipinski definition) is 2. The van der Waals surface area contributed by atoms with Crippen LogP contribution >= 0.6 is 7.82 Å². The average Bonchev–Trinajstić information content (AvgIpc) is 2.93. The Morgan fingerprint density at radius 1 is 0.610 bits per heavy atom. The second-order valence-corrected chi connectivity index (χ2v) is 12.4. The van der Waals surface area contributed by atoms with Crippen molar-refractivity contribution in [3.8, 4) is 0 Å². The maximum atomic E-state index is 12.2. The summed E-state index contributed by atoms with van der Waals surface area (Å²) in [6.07, 6.45) is 28.1. The molecule has 0 unspecified atom stereocenters. The molecule has 0 saturated heterocycles. The Bertz CT molecular complexity index is 691. The van der Waals surface area contributed by atoms with Gasteiger partial charge in [-0.25, -0.2) is 4.57 Å². The van der Waals surface area contributed by atoms with Crippen LogP contribution in [0.25, 0.3) is 0 Å². The topological polar surface area (TPSA) is 119 Å². The van der Waals surface area contributed by atoms with E-state index in [1.807, 2.05) is 0 Å². The van der Waals surface area contributed by atoms with Gasteiger partial charge in [-0.05, 0) is 38.5 Å². The first-order valence-corrected chi connectivity index (χ1v) is 18.0. The fourth-order valence-electron chi connectivity index (χ4n) is 4.54. The molecule has 0 bridgehead atoms. The minimum absolute atomic E-state index is 0.213. The van der Waals surface area contributed by atoms with Gasteiger partial charge >= 0.3 is 19.8 Å². The molecular weight excluding hydrogens is 543 g/mol. The molecule has 9 heteroatoms. The maximum absolute atomic E-state index is 12.2. The van der Waals surface area contributed by atoms with E-state index in [1.54, 1.807) is 0 Å². The predicted molar refractivity (Wildman–Crippen MR) is 166 cm³/mol. The zero-order valence-electron chi connectivity index (χ0n) is 26.2. The molecule has 0 aliphatic heterocycles. The van der Waals surface area contributed by atoms with Gasteiger partial charge in [0.05, 0.1) is 6.61 Å². The molecule has 0 aromatic heterocycles. The normalized spacial score (nSPS) is 12.6. The molecule has 0 aliphatic rings. The monoisotopic (exact) mass is 604 g/mol. The molecular formula is C32H61O8P. The van der Waals surface area contributed by atoms with E-state index in [0.717, 1.165) is 51.4 Å². The number of unbranched alkanes of at least 4 members (excludes halogenated alkanes) is 18. The number of hydrogen-bond acceptors (Lipinski definition) is 6. The van der Waals surface area contributed by atoms with Gasteiger partial charge in [-0.2, -0.15) is 0 Å². The van der Waals surface area contributed by atoms with Crippen molar-refractivity contribution in [2.45, 2.75) is 168 Å². The van der Waals surface area contributed by atoms with E-state index < -0.39 is 32.5 Å². The molecule has 0 aromatic carbocycles. The summed E-state index contributed by atoms with van der Waals surface area (Å²) in [6.45, 7) is 3.61. The highest BCUT2D eigenvalue weighted by atomic mass is 31.2. The standard InChI is InChI=1S/C32H61O8P/c1-3-5-7-9-11-13-14-15-16-17-18-19-21-22-24-26-31(33)38-28-30(29-39-41(35,36)37)40-32(34)27-25-23-20-12-10-8-6-4-2/h15-16,30H,3-14,17-29H2,1-2H3,(H2,35,36,37)/b16-15+/t30-/m1/s1. The summed E-state index contributed by atoms with van der Waals surface area (Å²) in [4.78, 5) is 42.3. The predicted octanol–water partition coefficient (Wildman–Crippen LogP) is 9.12. The Balaban J connectivity index is 3.98. The third-order valence-corrected chi connectivity index (χ3v) is 7.52. The van der Waals surface area contributed by atoms with Gasteiger partial charge in [0, 0.05) is 12.8 Å². The van der Waals surface area contributed by atoms with E-state index in [-0.39, 0.29) is 19.4 Å². The van der Waals surface area contributed by atoms with E-state index in [1.165, 1.54) is 70.6 Å². The molecule has 0 amide bonds. The lowest BCUT2D eigenvalue weighted by Crippen LogP contribution is -2.29. The van der Waals surface area contributed by atoms with Crippen LogP contribution in [0.1, 0.15) is 162 Å². The Morgan fingerprint density at radius 2 is 1.02 bits per heavy atom. The molecule has 0 radical (unpaired) electrons. The van der Waals surface area contributed by atoms with Crippen LogP contribution < -0.4 is 0 Å². The van der Waals surface area contributed by atoms with Crippen molar-refractivity contribution < 1.29 is 37.9 Å². The summed E-state index contributed by atoms with van der Waals surface area (Å²) in [5.74, 6) is -0.897. The lowest BCUT2D eigenvalue weighted by atomic mass is 10.1. The summed E-state index contributed by atoms with van der Waals surface area (Å²) in [6, 6.07) is 0. The average molecular weight is 605 g/mol. The highest BCUT2D eigenvalue weighted by Gasteiger charge is 2.22. The Hall–Kier alpha value is -1.21. The number of ether oxygens (including phenoxy) is 2. The third-order valence-electron chi connectivity index (χ3n) is 7.03. The van der Waals surface area contributed by atoms with Gasteiger partial charge in [0.25, 0.3) is 0 Å². The van der Waals surface area contributed by atoms with Crippen LogP contribution in [0.4, 0.5) is 0 Å². The second kappa shape index (κ2) is 28.9. The van der Waals surface area contributed by atoms with Crippen molar-refractivity contribution in [3.05, 3.63) is 12.2 Å². The van der Waals surface area contributed by atoms with Gasteiger partial charge < -0.3 is 19.3 Å². The van der Waals surface area contributed by atoms with Gasteiger partial charge in [0.2, 0.25) is 0 Å². The number of carbonyl (C=O) groups excluding carboxylic acids is 2. The largest absolute Gasteiger partial charge is 0.469 e. The van der Waals surface area contributed by atoms with E-state index >= 15 is 0 Å². The summed E-state index contributed by atoms with van der Waals surface area (Å²) >= 11 is 0. The van der Waals surface area contributed by atoms with Gasteiger partial charge in [-0.1, -0.05) is 122 Å². The van der Waals surface area contributed by atoms with Gasteiger partial charge in [0.1, 0.15) is 6.61 Å². The smallest absolute Gasteiger partial charge is 0.462 e. The summed E-state index contributed by atoms with van der Waals surface area (Å²) in [5, 5.41) is 0. The number of carbonyl (C=O) groups is 2. The van der Waals surface area contributed by atoms with Crippen LogP contribution in [0.2, 0.25) is 0 Å². The number of esters is 2. The van der Waals surface area contributed by atoms with Gasteiger partial charge in [-0.15, -0.1) is 0 Å². The lowest BCUT2D eigenvalue weighted by molar-refractivity contribution is -0.161. The molecule has 0 saturated carbocycles. The van der Waals surface area contributed by atoms with E-state index in [0.29, 0.717) is 12.8 Å². The number of allylic oxidation sites excluding steroid dienone is 2. The molecule has 0 fully saturated rings. The molecule has 0 aromatic rings. The molecule has 8 nitrogen and oxygen atoms in total. The van der Waals surface area contributed by atoms with Crippen molar-refractivity contribution in [2.75, 3.05) is 13.2 Å². The van der Waals surface area contributed by atoms with Crippen LogP contribution in [0.3, 0.4) is 0 Å². The quantitative estimate of drug-likeness (QED) is 0.0360. The minimum atomic E-state index is -4.73. The molecule has 2 N–H and O–H groups in total. The molecule has 0 aliphatic carbocycles. The van der Waals surface area contributed by atoms with E-state index in [9.17, 15) is 14.2 Å². The van der Waals surface area contributed by atoms with E-state index in [4.69, 9.17) is 19.3 Å². The zero-order valence-corrected chi connectivity index (χ0v) is 27.1. The van der Waals surface area contributed by atoms with Crippen LogP contribution in [0.15, 0.2) is 12.2 Å². The van der Waals surface area contributed by atoms with Crippen LogP contribution in [0, 0.1) is 0 Å². The minimum Gasteiger partial charge on any atom is -0.462 e. The summed E-state index contributed by atoms with van der Waals surface area (Å²) in [7, 11) is -4.73. The first kappa shape index (κ1) is 39.8. The number of phosphoric ester groups is 1. The number of rotatable bonds is 30. The van der Waals surface area contributed by atoms with Crippen molar-refractivity contribution in [3.63, 3.8) is 0 Å². The highest BCUT2D eigenvalue weighted by Crippen LogP contribution is 2.35. The van der Waals surface area contributed by atoms with Crippen molar-refractivity contribution in [1.29, 1.82) is 0 Å². The van der Waals surface area contributed by atoms with Gasteiger partial charge in [0.15, 0.2) is 6.10 Å². The van der Waals surface area contributed by atoms with Crippen molar-refractivity contribution in [1.82, 2.24) is 0 Å². The Morgan fingerprint density at radius 3 is 1.49 bits per heavy atom. The van der Waals surface area contributed by atoms with E-state index in [2.05, 4.69) is 30.5 Å². The van der Waals surface area contributed by atoms with Crippen molar-refractivity contribution in [2.24, 2.45) is 0 Å².